The monoisotopic (exact) mass is 163 g/mol. The average molecular weight is 163 g/mol. The van der Waals surface area contributed by atoms with Gasteiger partial charge in [-0.1, -0.05) is 6.08 Å². The molecule has 4 nitrogen and oxygen atoms in total. The van der Waals surface area contributed by atoms with Crippen LogP contribution in [-0.2, 0) is 0 Å². The molecule has 0 aliphatic carbocycles. The van der Waals surface area contributed by atoms with Gasteiger partial charge in [-0.3, -0.25) is 4.79 Å². The minimum atomic E-state index is -0.233. The van der Waals surface area contributed by atoms with Crippen LogP contribution in [0.4, 0.5) is 0 Å². The first kappa shape index (κ1) is 8.39. The maximum absolute atomic E-state index is 11.1. The van der Waals surface area contributed by atoms with E-state index in [-0.39, 0.29) is 5.91 Å². The highest BCUT2D eigenvalue weighted by atomic mass is 16.1. The highest BCUT2D eigenvalue weighted by molar-refractivity contribution is 5.92. The molecule has 0 aliphatic rings. The third kappa shape index (κ3) is 2.16. The molecule has 0 radical (unpaired) electrons. The van der Waals surface area contributed by atoms with Crippen molar-refractivity contribution in [3.63, 3.8) is 0 Å². The number of rotatable bonds is 3. The fraction of sp³-hybridized carbons (Fsp3) is 0.125. The number of carbonyl (C=O) groups is 1. The van der Waals surface area contributed by atoms with Crippen LogP contribution in [-0.4, -0.2) is 22.6 Å². The number of nitrogens with zero attached hydrogens (tertiary/aromatic N) is 2. The zero-order valence-corrected chi connectivity index (χ0v) is 6.53. The Bertz CT molecular complexity index is 271. The second kappa shape index (κ2) is 4.23. The first-order chi connectivity index (χ1) is 5.84. The van der Waals surface area contributed by atoms with E-state index in [9.17, 15) is 4.79 Å². The number of amides is 1. The van der Waals surface area contributed by atoms with Gasteiger partial charge in [0.05, 0.1) is 0 Å². The van der Waals surface area contributed by atoms with Crippen LogP contribution >= 0.6 is 0 Å². The fourth-order valence-corrected chi connectivity index (χ4v) is 0.678. The first-order valence-electron chi connectivity index (χ1n) is 3.51. The van der Waals surface area contributed by atoms with Gasteiger partial charge in [0.1, 0.15) is 0 Å². The van der Waals surface area contributed by atoms with Crippen molar-refractivity contribution in [1.29, 1.82) is 0 Å². The van der Waals surface area contributed by atoms with Gasteiger partial charge in [0.2, 0.25) is 0 Å². The number of hydrogen-bond donors (Lipinski definition) is 1. The molecule has 0 atom stereocenters. The summed E-state index contributed by atoms with van der Waals surface area (Å²) in [6.07, 6.45) is 3.12. The molecule has 1 aromatic rings. The molecule has 1 aromatic heterocycles. The summed E-state index contributed by atoms with van der Waals surface area (Å²) in [4.78, 5) is 11.1. The SMILES string of the molecule is C=CCNC(=O)c1cccnn1. The molecular formula is C8H9N3O. The third-order valence-electron chi connectivity index (χ3n) is 1.21. The molecule has 0 aliphatic heterocycles. The molecule has 1 amide bonds. The summed E-state index contributed by atoms with van der Waals surface area (Å²) < 4.78 is 0. The Labute approximate surface area is 70.3 Å². The molecule has 62 valence electrons. The van der Waals surface area contributed by atoms with E-state index >= 15 is 0 Å². The molecule has 1 heterocycles. The van der Waals surface area contributed by atoms with Crippen LogP contribution < -0.4 is 5.32 Å². The van der Waals surface area contributed by atoms with Gasteiger partial charge in [0.25, 0.3) is 5.91 Å². The van der Waals surface area contributed by atoms with Crippen molar-refractivity contribution in [3.8, 4) is 0 Å². The molecule has 0 fully saturated rings. The Hall–Kier alpha value is -1.71. The van der Waals surface area contributed by atoms with E-state index in [0.29, 0.717) is 12.2 Å². The minimum absolute atomic E-state index is 0.233. The molecule has 0 saturated heterocycles. The van der Waals surface area contributed by atoms with Gasteiger partial charge in [0, 0.05) is 12.7 Å². The van der Waals surface area contributed by atoms with E-state index in [1.807, 2.05) is 0 Å². The molecule has 0 spiro atoms. The first-order valence-corrected chi connectivity index (χ1v) is 3.51. The molecule has 0 saturated carbocycles. The largest absolute Gasteiger partial charge is 0.347 e. The predicted molar refractivity (Wildman–Crippen MR) is 44.6 cm³/mol. The van der Waals surface area contributed by atoms with E-state index in [1.165, 1.54) is 6.20 Å². The highest BCUT2D eigenvalue weighted by Gasteiger charge is 2.03. The van der Waals surface area contributed by atoms with Crippen LogP contribution in [0.2, 0.25) is 0 Å². The van der Waals surface area contributed by atoms with Gasteiger partial charge < -0.3 is 5.32 Å². The quantitative estimate of drug-likeness (QED) is 0.656. The van der Waals surface area contributed by atoms with E-state index in [0.717, 1.165) is 0 Å². The number of aromatic nitrogens is 2. The Kier molecular flexibility index (Phi) is 2.95. The van der Waals surface area contributed by atoms with Crippen molar-refractivity contribution in [3.05, 3.63) is 36.7 Å². The normalized spacial score (nSPS) is 9.00. The van der Waals surface area contributed by atoms with Crippen LogP contribution in [0.15, 0.2) is 31.0 Å². The Morgan fingerprint density at radius 3 is 3.17 bits per heavy atom. The topological polar surface area (TPSA) is 54.9 Å². The lowest BCUT2D eigenvalue weighted by Gasteiger charge is -1.98. The molecule has 0 aromatic carbocycles. The van der Waals surface area contributed by atoms with Gasteiger partial charge in [-0.15, -0.1) is 11.7 Å². The van der Waals surface area contributed by atoms with Crippen molar-refractivity contribution in [2.24, 2.45) is 0 Å². The Balaban J connectivity index is 2.59. The molecule has 1 N–H and O–H groups in total. The maximum Gasteiger partial charge on any atom is 0.272 e. The molecule has 4 heteroatoms. The lowest BCUT2D eigenvalue weighted by Crippen LogP contribution is -2.24. The van der Waals surface area contributed by atoms with Crippen LogP contribution in [0.25, 0.3) is 0 Å². The lowest BCUT2D eigenvalue weighted by atomic mass is 10.4. The van der Waals surface area contributed by atoms with Crippen LogP contribution in [0.3, 0.4) is 0 Å². The van der Waals surface area contributed by atoms with Gasteiger partial charge in [0.15, 0.2) is 5.69 Å². The summed E-state index contributed by atoms with van der Waals surface area (Å²) in [5, 5.41) is 9.80. The molecular weight excluding hydrogens is 154 g/mol. The van der Waals surface area contributed by atoms with Gasteiger partial charge in [-0.2, -0.15) is 5.10 Å². The van der Waals surface area contributed by atoms with E-state index in [1.54, 1.807) is 18.2 Å². The minimum Gasteiger partial charge on any atom is -0.347 e. The zero-order chi connectivity index (χ0) is 8.81. The second-order valence-corrected chi connectivity index (χ2v) is 2.11. The van der Waals surface area contributed by atoms with Gasteiger partial charge >= 0.3 is 0 Å². The van der Waals surface area contributed by atoms with Crippen molar-refractivity contribution in [2.75, 3.05) is 6.54 Å². The smallest absolute Gasteiger partial charge is 0.272 e. The summed E-state index contributed by atoms with van der Waals surface area (Å²) in [7, 11) is 0. The Morgan fingerprint density at radius 1 is 1.75 bits per heavy atom. The molecule has 12 heavy (non-hydrogen) atoms. The van der Waals surface area contributed by atoms with Crippen molar-refractivity contribution < 1.29 is 4.79 Å². The Morgan fingerprint density at radius 2 is 2.58 bits per heavy atom. The van der Waals surface area contributed by atoms with Crippen LogP contribution in [0.1, 0.15) is 10.5 Å². The number of carbonyl (C=O) groups excluding carboxylic acids is 1. The third-order valence-corrected chi connectivity index (χ3v) is 1.21. The van der Waals surface area contributed by atoms with E-state index in [2.05, 4.69) is 22.1 Å². The van der Waals surface area contributed by atoms with Gasteiger partial charge in [-0.05, 0) is 12.1 Å². The summed E-state index contributed by atoms with van der Waals surface area (Å²) in [5.74, 6) is -0.233. The van der Waals surface area contributed by atoms with E-state index in [4.69, 9.17) is 0 Å². The number of hydrogen-bond acceptors (Lipinski definition) is 3. The number of nitrogens with one attached hydrogen (secondary N) is 1. The lowest BCUT2D eigenvalue weighted by molar-refractivity contribution is 0.0952. The van der Waals surface area contributed by atoms with Gasteiger partial charge in [-0.25, -0.2) is 0 Å². The summed E-state index contributed by atoms with van der Waals surface area (Å²) in [6, 6.07) is 3.27. The van der Waals surface area contributed by atoms with Crippen molar-refractivity contribution in [2.45, 2.75) is 0 Å². The summed E-state index contributed by atoms with van der Waals surface area (Å²) in [5.41, 5.74) is 0.319. The van der Waals surface area contributed by atoms with Crippen molar-refractivity contribution in [1.82, 2.24) is 15.5 Å². The molecule has 1 rings (SSSR count). The molecule has 0 unspecified atom stereocenters. The predicted octanol–water partition coefficient (Wildman–Crippen LogP) is 0.392. The van der Waals surface area contributed by atoms with Crippen molar-refractivity contribution >= 4 is 5.91 Å². The summed E-state index contributed by atoms with van der Waals surface area (Å²) >= 11 is 0. The highest BCUT2D eigenvalue weighted by Crippen LogP contribution is 1.89. The fourth-order valence-electron chi connectivity index (χ4n) is 0.678. The van der Waals surface area contributed by atoms with E-state index < -0.39 is 0 Å². The second-order valence-electron chi connectivity index (χ2n) is 2.11. The van der Waals surface area contributed by atoms with Crippen LogP contribution in [0.5, 0.6) is 0 Å². The zero-order valence-electron chi connectivity index (χ0n) is 6.53. The maximum atomic E-state index is 11.1. The van der Waals surface area contributed by atoms with Crippen LogP contribution in [0, 0.1) is 0 Å². The average Bonchev–Trinajstić information content (AvgIpc) is 2.15. The summed E-state index contributed by atoms with van der Waals surface area (Å²) in [6.45, 7) is 3.92. The standard InChI is InChI=1S/C8H9N3O/c1-2-5-9-8(12)7-4-3-6-10-11-7/h2-4,6H,1,5H2,(H,9,12). The molecule has 0 bridgehead atoms.